The highest BCUT2D eigenvalue weighted by atomic mass is 19.4. The summed E-state index contributed by atoms with van der Waals surface area (Å²) in [6.07, 6.45) is -5.25. The fourth-order valence-corrected chi connectivity index (χ4v) is 1.29. The highest BCUT2D eigenvalue weighted by molar-refractivity contribution is 5.85. The van der Waals surface area contributed by atoms with Crippen molar-refractivity contribution in [1.82, 2.24) is 5.32 Å². The second kappa shape index (κ2) is 11.3. The zero-order valence-electron chi connectivity index (χ0n) is 14.6. The fourth-order valence-electron chi connectivity index (χ4n) is 1.29. The summed E-state index contributed by atoms with van der Waals surface area (Å²) in [4.78, 5) is 42.7. The lowest BCUT2D eigenvalue weighted by molar-refractivity contribution is -0.192. The molecular formula is C14H23F3N2O7. The van der Waals surface area contributed by atoms with E-state index in [2.05, 4.69) is 5.32 Å². The van der Waals surface area contributed by atoms with E-state index >= 15 is 0 Å². The number of carbonyl (C=O) groups is 4. The van der Waals surface area contributed by atoms with Crippen LogP contribution in [0, 0.1) is 0 Å². The molecule has 0 aliphatic carbocycles. The SMILES string of the molecule is CC(C)(C)OC(=O)[C@H](CCC(=O)O)NC(=O)CCN.O=C(O)C(F)(F)F. The molecule has 0 bridgehead atoms. The molecule has 0 saturated heterocycles. The van der Waals surface area contributed by atoms with Crippen molar-refractivity contribution < 1.29 is 47.3 Å². The summed E-state index contributed by atoms with van der Waals surface area (Å²) in [5, 5.41) is 18.2. The molecule has 0 spiro atoms. The van der Waals surface area contributed by atoms with Crippen LogP contribution in [0.1, 0.15) is 40.0 Å². The second-order valence-corrected chi connectivity index (χ2v) is 5.93. The van der Waals surface area contributed by atoms with Crippen molar-refractivity contribution in [1.29, 1.82) is 0 Å². The second-order valence-electron chi connectivity index (χ2n) is 5.93. The quantitative estimate of drug-likeness (QED) is 0.463. The van der Waals surface area contributed by atoms with Gasteiger partial charge in [0.05, 0.1) is 0 Å². The molecule has 12 heteroatoms. The van der Waals surface area contributed by atoms with E-state index in [9.17, 15) is 27.6 Å². The van der Waals surface area contributed by atoms with Gasteiger partial charge in [-0.25, -0.2) is 9.59 Å². The van der Waals surface area contributed by atoms with E-state index in [0.29, 0.717) is 0 Å². The van der Waals surface area contributed by atoms with Crippen LogP contribution in [0.25, 0.3) is 0 Å². The molecule has 1 amide bonds. The van der Waals surface area contributed by atoms with Gasteiger partial charge in [-0.2, -0.15) is 13.2 Å². The number of hydrogen-bond acceptors (Lipinski definition) is 6. The van der Waals surface area contributed by atoms with Crippen molar-refractivity contribution in [3.8, 4) is 0 Å². The van der Waals surface area contributed by atoms with Crippen molar-refractivity contribution in [2.24, 2.45) is 5.73 Å². The molecule has 1 atom stereocenters. The van der Waals surface area contributed by atoms with E-state index in [1.165, 1.54) is 0 Å². The molecule has 0 aliphatic rings. The largest absolute Gasteiger partial charge is 0.490 e. The summed E-state index contributed by atoms with van der Waals surface area (Å²) < 4.78 is 36.9. The molecule has 0 fully saturated rings. The van der Waals surface area contributed by atoms with Gasteiger partial charge in [0, 0.05) is 19.4 Å². The minimum Gasteiger partial charge on any atom is -0.481 e. The number of hydrogen-bond donors (Lipinski definition) is 4. The molecule has 0 unspecified atom stereocenters. The Kier molecular flexibility index (Phi) is 11.2. The highest BCUT2D eigenvalue weighted by Gasteiger charge is 2.38. The molecule has 0 rings (SSSR count). The minimum absolute atomic E-state index is 0.0133. The van der Waals surface area contributed by atoms with E-state index < -0.39 is 41.6 Å². The summed E-state index contributed by atoms with van der Waals surface area (Å²) in [6, 6.07) is -0.964. The van der Waals surface area contributed by atoms with Crippen molar-refractivity contribution in [2.45, 2.75) is 57.9 Å². The van der Waals surface area contributed by atoms with E-state index in [0.717, 1.165) is 0 Å². The molecule has 0 saturated carbocycles. The zero-order chi connectivity index (χ0) is 21.1. The Balaban J connectivity index is 0. The van der Waals surface area contributed by atoms with Gasteiger partial charge in [0.2, 0.25) is 5.91 Å². The van der Waals surface area contributed by atoms with Gasteiger partial charge < -0.3 is 26.0 Å². The van der Waals surface area contributed by atoms with Gasteiger partial charge in [0.1, 0.15) is 11.6 Å². The first-order valence-electron chi connectivity index (χ1n) is 7.34. The number of amides is 1. The maximum atomic E-state index is 11.9. The summed E-state index contributed by atoms with van der Waals surface area (Å²) in [7, 11) is 0. The summed E-state index contributed by atoms with van der Waals surface area (Å²) in [5.41, 5.74) is 4.54. The average Bonchev–Trinajstić information content (AvgIpc) is 2.41. The van der Waals surface area contributed by atoms with Crippen molar-refractivity contribution in [2.75, 3.05) is 6.54 Å². The molecule has 0 radical (unpaired) electrons. The van der Waals surface area contributed by atoms with Gasteiger partial charge in [-0.15, -0.1) is 0 Å². The topological polar surface area (TPSA) is 156 Å². The van der Waals surface area contributed by atoms with Crippen LogP contribution in [0.4, 0.5) is 13.2 Å². The lowest BCUT2D eigenvalue weighted by Gasteiger charge is -2.24. The lowest BCUT2D eigenvalue weighted by Crippen LogP contribution is -2.44. The number of carbonyl (C=O) groups excluding carboxylic acids is 2. The molecule has 0 aromatic heterocycles. The van der Waals surface area contributed by atoms with Crippen LogP contribution in [0.5, 0.6) is 0 Å². The molecule has 26 heavy (non-hydrogen) atoms. The summed E-state index contributed by atoms with van der Waals surface area (Å²) in [6.45, 7) is 5.24. The fraction of sp³-hybridized carbons (Fsp3) is 0.714. The Morgan fingerprint density at radius 3 is 1.85 bits per heavy atom. The molecule has 9 nitrogen and oxygen atoms in total. The first-order valence-corrected chi connectivity index (χ1v) is 7.34. The van der Waals surface area contributed by atoms with E-state index in [4.69, 9.17) is 25.5 Å². The van der Waals surface area contributed by atoms with Gasteiger partial charge >= 0.3 is 24.1 Å². The normalized spacial score (nSPS) is 12.3. The van der Waals surface area contributed by atoms with Crippen LogP contribution in [-0.2, 0) is 23.9 Å². The number of rotatable bonds is 7. The third-order valence-corrected chi connectivity index (χ3v) is 2.29. The van der Waals surface area contributed by atoms with Gasteiger partial charge in [-0.1, -0.05) is 0 Å². The number of aliphatic carboxylic acids is 2. The van der Waals surface area contributed by atoms with Crippen LogP contribution in [0.15, 0.2) is 0 Å². The van der Waals surface area contributed by atoms with E-state index in [1.807, 2.05) is 0 Å². The van der Waals surface area contributed by atoms with Crippen LogP contribution in [-0.4, -0.2) is 58.4 Å². The first-order chi connectivity index (χ1) is 11.6. The lowest BCUT2D eigenvalue weighted by atomic mass is 10.1. The number of ether oxygens (including phenoxy) is 1. The smallest absolute Gasteiger partial charge is 0.481 e. The maximum Gasteiger partial charge on any atom is 0.490 e. The van der Waals surface area contributed by atoms with Crippen LogP contribution in [0.3, 0.4) is 0 Å². The van der Waals surface area contributed by atoms with Crippen LogP contribution in [0.2, 0.25) is 0 Å². The van der Waals surface area contributed by atoms with Gasteiger partial charge in [-0.3, -0.25) is 9.59 Å². The Morgan fingerprint density at radius 2 is 1.54 bits per heavy atom. The van der Waals surface area contributed by atoms with Gasteiger partial charge in [0.25, 0.3) is 0 Å². The Hall–Kier alpha value is -2.37. The number of alkyl halides is 3. The van der Waals surface area contributed by atoms with Crippen LogP contribution >= 0.6 is 0 Å². The predicted octanol–water partition coefficient (Wildman–Crippen LogP) is 0.660. The summed E-state index contributed by atoms with van der Waals surface area (Å²) in [5.74, 6) is -4.84. The first kappa shape index (κ1) is 25.9. The summed E-state index contributed by atoms with van der Waals surface area (Å²) >= 11 is 0. The Labute approximate surface area is 147 Å². The Bertz CT molecular complexity index is 502. The minimum atomic E-state index is -5.08. The predicted molar refractivity (Wildman–Crippen MR) is 82.0 cm³/mol. The van der Waals surface area contributed by atoms with Crippen molar-refractivity contribution >= 4 is 23.8 Å². The number of nitrogens with two attached hydrogens (primary N) is 1. The average molecular weight is 388 g/mol. The maximum absolute atomic E-state index is 11.9. The van der Waals surface area contributed by atoms with Gasteiger partial charge in [-0.05, 0) is 27.2 Å². The Morgan fingerprint density at radius 1 is 1.08 bits per heavy atom. The van der Waals surface area contributed by atoms with E-state index in [1.54, 1.807) is 20.8 Å². The molecule has 0 heterocycles. The standard InChI is InChI=1S/C12H22N2O5.C2HF3O2/c1-12(2,3)19-11(18)8(4-5-10(16)17)14-9(15)6-7-13;3-2(4,5)1(6)7/h8H,4-7,13H2,1-3H3,(H,14,15)(H,16,17);(H,6,7)/t8-;/m0./s1. The van der Waals surface area contributed by atoms with Crippen molar-refractivity contribution in [3.05, 3.63) is 0 Å². The molecule has 0 aromatic rings. The monoisotopic (exact) mass is 388 g/mol. The van der Waals surface area contributed by atoms with Crippen molar-refractivity contribution in [3.63, 3.8) is 0 Å². The number of halogens is 3. The molecular weight excluding hydrogens is 365 g/mol. The molecule has 152 valence electrons. The highest BCUT2D eigenvalue weighted by Crippen LogP contribution is 2.13. The third-order valence-electron chi connectivity index (χ3n) is 2.29. The molecule has 5 N–H and O–H groups in total. The third kappa shape index (κ3) is 15.2. The molecule has 0 aliphatic heterocycles. The number of nitrogens with one attached hydrogen (secondary N) is 1. The zero-order valence-corrected chi connectivity index (χ0v) is 14.6. The number of carboxylic acid groups (broad SMARTS) is 2. The van der Waals surface area contributed by atoms with Crippen LogP contribution < -0.4 is 11.1 Å². The van der Waals surface area contributed by atoms with E-state index in [-0.39, 0.29) is 25.8 Å². The number of carboxylic acids is 2. The van der Waals surface area contributed by atoms with Gasteiger partial charge in [0.15, 0.2) is 0 Å². The molecule has 0 aromatic carbocycles. The number of esters is 1.